The van der Waals surface area contributed by atoms with E-state index in [4.69, 9.17) is 18.6 Å². The number of hydrogen-bond acceptors (Lipinski definition) is 6. The number of benzene rings is 2. The molecule has 0 N–H and O–H groups in total. The van der Waals surface area contributed by atoms with Crippen LogP contribution in [-0.4, -0.2) is 33.1 Å². The van der Waals surface area contributed by atoms with Crippen LogP contribution in [0.2, 0.25) is 0 Å². The first kappa shape index (κ1) is 19.5. The summed E-state index contributed by atoms with van der Waals surface area (Å²) in [7, 11) is 4.44. The molecule has 0 fully saturated rings. The minimum absolute atomic E-state index is 0.244. The van der Waals surface area contributed by atoms with Crippen molar-refractivity contribution in [3.05, 3.63) is 59.4 Å². The molecule has 0 radical (unpaired) electrons. The molecule has 146 valence electrons. The summed E-state index contributed by atoms with van der Waals surface area (Å²) in [6, 6.07) is 12.0. The molecule has 1 atom stereocenters. The lowest BCUT2D eigenvalue weighted by Gasteiger charge is -2.12. The van der Waals surface area contributed by atoms with Crippen molar-refractivity contribution < 1.29 is 28.2 Å². The smallest absolute Gasteiger partial charge is 0.316 e. The van der Waals surface area contributed by atoms with Crippen LogP contribution >= 0.6 is 0 Å². The van der Waals surface area contributed by atoms with Gasteiger partial charge >= 0.3 is 5.97 Å². The fraction of sp³-hybridized carbons (Fsp3) is 0.273. The highest BCUT2D eigenvalue weighted by atomic mass is 16.5. The monoisotopic (exact) mass is 382 g/mol. The number of methoxy groups -OCH3 is 3. The minimum Gasteiger partial charge on any atom is -0.497 e. The van der Waals surface area contributed by atoms with Crippen LogP contribution in [0.25, 0.3) is 11.0 Å². The fourth-order valence-corrected chi connectivity index (χ4v) is 3.19. The van der Waals surface area contributed by atoms with Gasteiger partial charge in [0.1, 0.15) is 28.8 Å². The van der Waals surface area contributed by atoms with Crippen molar-refractivity contribution in [2.24, 2.45) is 0 Å². The Morgan fingerprint density at radius 1 is 0.964 bits per heavy atom. The number of carbonyl (C=O) groups excluding carboxylic acids is 2. The van der Waals surface area contributed by atoms with E-state index < -0.39 is 11.9 Å². The van der Waals surface area contributed by atoms with Gasteiger partial charge in [0.2, 0.25) is 0 Å². The van der Waals surface area contributed by atoms with Gasteiger partial charge in [-0.25, -0.2) is 0 Å². The topological polar surface area (TPSA) is 75.0 Å². The maximum Gasteiger partial charge on any atom is 0.316 e. The number of hydrogen-bond donors (Lipinski definition) is 0. The second-order valence-electron chi connectivity index (χ2n) is 6.25. The average Bonchev–Trinajstić information content (AvgIpc) is 3.11. The summed E-state index contributed by atoms with van der Waals surface area (Å²) in [5.41, 5.74) is 1.32. The number of furan rings is 1. The second-order valence-corrected chi connectivity index (χ2v) is 6.25. The third-order valence-corrected chi connectivity index (χ3v) is 4.71. The van der Waals surface area contributed by atoms with Gasteiger partial charge in [-0.3, -0.25) is 9.59 Å². The van der Waals surface area contributed by atoms with Crippen molar-refractivity contribution in [1.82, 2.24) is 0 Å². The minimum atomic E-state index is -0.680. The Hall–Kier alpha value is -3.28. The van der Waals surface area contributed by atoms with Gasteiger partial charge in [-0.1, -0.05) is 6.92 Å². The van der Waals surface area contributed by atoms with E-state index in [1.807, 2.05) is 6.92 Å². The van der Waals surface area contributed by atoms with Crippen molar-refractivity contribution in [3.8, 4) is 11.5 Å². The van der Waals surface area contributed by atoms with Crippen LogP contribution in [0.1, 0.15) is 40.9 Å². The standard InChI is InChI=1S/C22H22O6/c1-5-16(22(24)27-4)21-19(17-12-15(26-3)10-11-18(17)28-21)20(23)13-6-8-14(25-2)9-7-13/h6-12,16H,5H2,1-4H3. The van der Waals surface area contributed by atoms with Crippen molar-refractivity contribution in [3.63, 3.8) is 0 Å². The summed E-state index contributed by atoms with van der Waals surface area (Å²) in [5.74, 6) is 0.176. The first-order chi connectivity index (χ1) is 13.5. The molecule has 2 aromatic carbocycles. The van der Waals surface area contributed by atoms with E-state index in [0.717, 1.165) is 0 Å². The van der Waals surface area contributed by atoms with Crippen LogP contribution in [0.3, 0.4) is 0 Å². The van der Waals surface area contributed by atoms with Gasteiger partial charge in [-0.15, -0.1) is 0 Å². The first-order valence-corrected chi connectivity index (χ1v) is 8.91. The third-order valence-electron chi connectivity index (χ3n) is 4.71. The maximum atomic E-state index is 13.4. The normalized spacial score (nSPS) is 11.9. The molecule has 0 saturated carbocycles. The molecule has 3 rings (SSSR count). The molecule has 0 saturated heterocycles. The van der Waals surface area contributed by atoms with Crippen LogP contribution in [0.5, 0.6) is 11.5 Å². The zero-order valence-electron chi connectivity index (χ0n) is 16.3. The van der Waals surface area contributed by atoms with E-state index in [-0.39, 0.29) is 5.78 Å². The Kier molecular flexibility index (Phi) is 5.68. The van der Waals surface area contributed by atoms with Crippen molar-refractivity contribution in [1.29, 1.82) is 0 Å². The fourth-order valence-electron chi connectivity index (χ4n) is 3.19. The van der Waals surface area contributed by atoms with E-state index in [2.05, 4.69) is 0 Å². The molecule has 0 aliphatic carbocycles. The molecule has 6 heteroatoms. The van der Waals surface area contributed by atoms with Crippen molar-refractivity contribution in [2.75, 3.05) is 21.3 Å². The molecule has 1 unspecified atom stereocenters. The number of esters is 1. The summed E-state index contributed by atoms with van der Waals surface area (Å²) < 4.78 is 21.3. The van der Waals surface area contributed by atoms with Crippen molar-refractivity contribution >= 4 is 22.7 Å². The van der Waals surface area contributed by atoms with Gasteiger partial charge < -0.3 is 18.6 Å². The number of ether oxygens (including phenoxy) is 3. The highest BCUT2D eigenvalue weighted by molar-refractivity contribution is 6.17. The number of ketones is 1. The van der Waals surface area contributed by atoms with E-state index in [0.29, 0.717) is 45.8 Å². The van der Waals surface area contributed by atoms with Crippen molar-refractivity contribution in [2.45, 2.75) is 19.3 Å². The Morgan fingerprint density at radius 3 is 2.18 bits per heavy atom. The summed E-state index contributed by atoms with van der Waals surface area (Å²) in [4.78, 5) is 25.7. The second kappa shape index (κ2) is 8.17. The van der Waals surface area contributed by atoms with Crippen LogP contribution in [0.15, 0.2) is 46.9 Å². The van der Waals surface area contributed by atoms with E-state index >= 15 is 0 Å². The van der Waals surface area contributed by atoms with Crippen LogP contribution < -0.4 is 9.47 Å². The number of rotatable bonds is 7. The molecule has 6 nitrogen and oxygen atoms in total. The summed E-state index contributed by atoms with van der Waals surface area (Å²) in [6.07, 6.45) is 0.437. The predicted molar refractivity (Wildman–Crippen MR) is 104 cm³/mol. The Morgan fingerprint density at radius 2 is 1.61 bits per heavy atom. The molecule has 0 aliphatic heterocycles. The van der Waals surface area contributed by atoms with E-state index in [1.54, 1.807) is 56.7 Å². The molecule has 1 heterocycles. The van der Waals surface area contributed by atoms with Gasteiger partial charge in [0.05, 0.1) is 26.9 Å². The van der Waals surface area contributed by atoms with Gasteiger partial charge in [0.15, 0.2) is 5.78 Å². The molecule has 28 heavy (non-hydrogen) atoms. The third kappa shape index (κ3) is 3.45. The molecule has 0 aliphatic rings. The highest BCUT2D eigenvalue weighted by Crippen LogP contribution is 2.36. The van der Waals surface area contributed by atoms with Gasteiger partial charge in [-0.05, 0) is 48.9 Å². The number of carbonyl (C=O) groups is 2. The molecule has 0 bridgehead atoms. The Balaban J connectivity index is 2.22. The number of fused-ring (bicyclic) bond motifs is 1. The highest BCUT2D eigenvalue weighted by Gasteiger charge is 2.31. The van der Waals surface area contributed by atoms with Gasteiger partial charge in [-0.2, -0.15) is 0 Å². The lowest BCUT2D eigenvalue weighted by molar-refractivity contribution is -0.142. The van der Waals surface area contributed by atoms with Crippen LogP contribution in [-0.2, 0) is 9.53 Å². The van der Waals surface area contributed by atoms with Gasteiger partial charge in [0, 0.05) is 10.9 Å². The average molecular weight is 382 g/mol. The lowest BCUT2D eigenvalue weighted by atomic mass is 9.93. The molecule has 0 spiro atoms. The van der Waals surface area contributed by atoms with Gasteiger partial charge in [0.25, 0.3) is 0 Å². The molecule has 3 aromatic rings. The first-order valence-electron chi connectivity index (χ1n) is 8.91. The van der Waals surface area contributed by atoms with E-state index in [9.17, 15) is 9.59 Å². The molecular formula is C22H22O6. The zero-order valence-corrected chi connectivity index (χ0v) is 16.3. The van der Waals surface area contributed by atoms with Crippen LogP contribution in [0.4, 0.5) is 0 Å². The quantitative estimate of drug-likeness (QED) is 0.447. The molecule has 1 aromatic heterocycles. The summed E-state index contributed by atoms with van der Waals surface area (Å²) >= 11 is 0. The largest absolute Gasteiger partial charge is 0.497 e. The van der Waals surface area contributed by atoms with Crippen LogP contribution in [0, 0.1) is 0 Å². The summed E-state index contributed by atoms with van der Waals surface area (Å²) in [5, 5.41) is 0.595. The zero-order chi connectivity index (χ0) is 20.3. The van der Waals surface area contributed by atoms with E-state index in [1.165, 1.54) is 7.11 Å². The maximum absolute atomic E-state index is 13.4. The predicted octanol–water partition coefficient (Wildman–Crippen LogP) is 4.35. The Bertz CT molecular complexity index is 1000. The molecule has 0 amide bonds. The Labute approximate surface area is 163 Å². The SMILES string of the molecule is CCC(C(=O)OC)c1oc2ccc(OC)cc2c1C(=O)c1ccc(OC)cc1. The lowest BCUT2D eigenvalue weighted by Crippen LogP contribution is -2.16. The summed E-state index contributed by atoms with van der Waals surface area (Å²) in [6.45, 7) is 1.84. The molecular weight excluding hydrogens is 360 g/mol.